The van der Waals surface area contributed by atoms with E-state index < -0.39 is 6.04 Å². The first-order valence-corrected chi connectivity index (χ1v) is 7.88. The number of carbonyl (C=O) groups is 2. The van der Waals surface area contributed by atoms with E-state index >= 15 is 0 Å². The number of amides is 2. The zero-order valence-corrected chi connectivity index (χ0v) is 14.0. The molecule has 0 aliphatic heterocycles. The van der Waals surface area contributed by atoms with E-state index in [2.05, 4.69) is 38.8 Å². The summed E-state index contributed by atoms with van der Waals surface area (Å²) in [7, 11) is 0. The minimum Gasteiger partial charge on any atom is -0.353 e. The van der Waals surface area contributed by atoms with Gasteiger partial charge in [-0.1, -0.05) is 22.9 Å². The molecule has 0 radical (unpaired) electrons. The second-order valence-electron chi connectivity index (χ2n) is 4.74. The summed E-state index contributed by atoms with van der Waals surface area (Å²) >= 11 is 3.31. The van der Waals surface area contributed by atoms with Crippen LogP contribution < -0.4 is 16.0 Å². The molecule has 0 fully saturated rings. The highest BCUT2D eigenvalue weighted by atomic mass is 79.9. The molecule has 3 N–H and O–H groups in total. The third-order valence-electron chi connectivity index (χ3n) is 2.88. The second kappa shape index (κ2) is 9.52. The van der Waals surface area contributed by atoms with Crippen molar-refractivity contribution in [3.8, 4) is 0 Å². The topological polar surface area (TPSA) is 70.2 Å². The van der Waals surface area contributed by atoms with Gasteiger partial charge in [-0.25, -0.2) is 0 Å². The number of halogens is 1. The summed E-state index contributed by atoms with van der Waals surface area (Å²) in [4.78, 5) is 23.8. The number of nitrogens with one attached hydrogen (secondary N) is 3. The van der Waals surface area contributed by atoms with Gasteiger partial charge in [-0.05, 0) is 44.2 Å². The molecule has 0 heterocycles. The van der Waals surface area contributed by atoms with Crippen molar-refractivity contribution in [3.05, 3.63) is 34.3 Å². The fourth-order valence-corrected chi connectivity index (χ4v) is 1.94. The van der Waals surface area contributed by atoms with Gasteiger partial charge in [0.05, 0.1) is 0 Å². The van der Waals surface area contributed by atoms with Gasteiger partial charge in [0.15, 0.2) is 0 Å². The summed E-state index contributed by atoms with van der Waals surface area (Å²) in [6, 6.07) is 6.43. The molecular weight excluding hydrogens is 334 g/mol. The first kappa shape index (κ1) is 17.7. The van der Waals surface area contributed by atoms with Crippen LogP contribution >= 0.6 is 15.9 Å². The third kappa shape index (κ3) is 6.73. The van der Waals surface area contributed by atoms with Crippen LogP contribution in [0.25, 0.3) is 0 Å². The number of hydrogen-bond donors (Lipinski definition) is 3. The SMILES string of the molecule is CCCNCCNC(=O)C(C)NC(=O)c1ccc(Br)cc1. The lowest BCUT2D eigenvalue weighted by atomic mass is 10.2. The van der Waals surface area contributed by atoms with Gasteiger partial charge >= 0.3 is 0 Å². The monoisotopic (exact) mass is 355 g/mol. The molecule has 116 valence electrons. The summed E-state index contributed by atoms with van der Waals surface area (Å²) in [5.74, 6) is -0.437. The Labute approximate surface area is 134 Å². The maximum Gasteiger partial charge on any atom is 0.251 e. The summed E-state index contributed by atoms with van der Waals surface area (Å²) in [5.41, 5.74) is 0.530. The van der Waals surface area contributed by atoms with Gasteiger partial charge < -0.3 is 16.0 Å². The van der Waals surface area contributed by atoms with Gasteiger partial charge in [-0.3, -0.25) is 9.59 Å². The van der Waals surface area contributed by atoms with Gasteiger partial charge in [0, 0.05) is 23.1 Å². The maximum atomic E-state index is 12.0. The molecule has 1 atom stereocenters. The second-order valence-corrected chi connectivity index (χ2v) is 5.66. The zero-order chi connectivity index (χ0) is 15.7. The average molecular weight is 356 g/mol. The van der Waals surface area contributed by atoms with E-state index in [4.69, 9.17) is 0 Å². The molecule has 1 aromatic carbocycles. The quantitative estimate of drug-likeness (QED) is 0.621. The van der Waals surface area contributed by atoms with Crippen LogP contribution in [0, 0.1) is 0 Å². The lowest BCUT2D eigenvalue weighted by Crippen LogP contribution is -2.46. The van der Waals surface area contributed by atoms with E-state index in [0.717, 1.165) is 24.0 Å². The van der Waals surface area contributed by atoms with E-state index in [0.29, 0.717) is 12.1 Å². The highest BCUT2D eigenvalue weighted by Crippen LogP contribution is 2.10. The van der Waals surface area contributed by atoms with Crippen LogP contribution in [-0.2, 0) is 4.79 Å². The van der Waals surface area contributed by atoms with E-state index in [1.165, 1.54) is 0 Å². The highest BCUT2D eigenvalue weighted by Gasteiger charge is 2.15. The minimum atomic E-state index is -0.563. The zero-order valence-electron chi connectivity index (χ0n) is 12.4. The molecule has 1 unspecified atom stereocenters. The highest BCUT2D eigenvalue weighted by molar-refractivity contribution is 9.10. The molecule has 2 amide bonds. The number of hydrogen-bond acceptors (Lipinski definition) is 3. The van der Waals surface area contributed by atoms with Crippen molar-refractivity contribution in [2.24, 2.45) is 0 Å². The standard InChI is InChI=1S/C15H22BrN3O2/c1-3-8-17-9-10-18-14(20)11(2)19-15(21)12-4-6-13(16)7-5-12/h4-7,11,17H,3,8-10H2,1-2H3,(H,18,20)(H,19,21). The number of rotatable bonds is 8. The Kier molecular flexibility index (Phi) is 8.00. The van der Waals surface area contributed by atoms with Crippen LogP contribution in [0.5, 0.6) is 0 Å². The number of benzene rings is 1. The molecule has 0 bridgehead atoms. The van der Waals surface area contributed by atoms with Crippen LogP contribution in [-0.4, -0.2) is 37.5 Å². The molecule has 0 saturated carbocycles. The van der Waals surface area contributed by atoms with Gasteiger partial charge in [-0.2, -0.15) is 0 Å². The third-order valence-corrected chi connectivity index (χ3v) is 3.40. The summed E-state index contributed by atoms with van der Waals surface area (Å²) in [5, 5.41) is 8.66. The van der Waals surface area contributed by atoms with Gasteiger partial charge in [0.2, 0.25) is 5.91 Å². The predicted octanol–water partition coefficient (Wildman–Crippen LogP) is 1.68. The van der Waals surface area contributed by atoms with Crippen LogP contribution in [0.1, 0.15) is 30.6 Å². The van der Waals surface area contributed by atoms with Crippen molar-refractivity contribution in [1.82, 2.24) is 16.0 Å². The Balaban J connectivity index is 2.34. The minimum absolute atomic E-state index is 0.182. The molecule has 21 heavy (non-hydrogen) atoms. The van der Waals surface area contributed by atoms with Crippen molar-refractivity contribution in [1.29, 1.82) is 0 Å². The Morgan fingerprint density at radius 3 is 2.43 bits per heavy atom. The summed E-state index contributed by atoms with van der Waals surface area (Å²) < 4.78 is 0.907. The normalized spacial score (nSPS) is 11.8. The van der Waals surface area contributed by atoms with E-state index in [1.54, 1.807) is 31.2 Å². The van der Waals surface area contributed by atoms with Crippen molar-refractivity contribution in [2.45, 2.75) is 26.3 Å². The van der Waals surface area contributed by atoms with Gasteiger partial charge in [0.25, 0.3) is 5.91 Å². The largest absolute Gasteiger partial charge is 0.353 e. The lowest BCUT2D eigenvalue weighted by Gasteiger charge is -2.14. The fraction of sp³-hybridized carbons (Fsp3) is 0.467. The van der Waals surface area contributed by atoms with Crippen LogP contribution in [0.4, 0.5) is 0 Å². The molecular formula is C15H22BrN3O2. The Morgan fingerprint density at radius 1 is 1.14 bits per heavy atom. The lowest BCUT2D eigenvalue weighted by molar-refractivity contribution is -0.122. The van der Waals surface area contributed by atoms with Crippen molar-refractivity contribution >= 4 is 27.7 Å². The molecule has 0 aliphatic rings. The molecule has 1 rings (SSSR count). The Hall–Kier alpha value is -1.40. The maximum absolute atomic E-state index is 12.0. The van der Waals surface area contributed by atoms with E-state index in [1.807, 2.05) is 0 Å². The van der Waals surface area contributed by atoms with Gasteiger partial charge in [-0.15, -0.1) is 0 Å². The first-order chi connectivity index (χ1) is 10.0. The molecule has 0 aliphatic carbocycles. The summed E-state index contributed by atoms with van der Waals surface area (Å²) in [6.45, 7) is 5.98. The van der Waals surface area contributed by atoms with Crippen LogP contribution in [0.3, 0.4) is 0 Å². The molecule has 1 aromatic rings. The van der Waals surface area contributed by atoms with E-state index in [-0.39, 0.29) is 11.8 Å². The Morgan fingerprint density at radius 2 is 1.81 bits per heavy atom. The average Bonchev–Trinajstić information content (AvgIpc) is 2.47. The molecule has 0 spiro atoms. The molecule has 0 saturated heterocycles. The van der Waals surface area contributed by atoms with Gasteiger partial charge in [0.1, 0.15) is 6.04 Å². The van der Waals surface area contributed by atoms with E-state index in [9.17, 15) is 9.59 Å². The van der Waals surface area contributed by atoms with Crippen molar-refractivity contribution in [3.63, 3.8) is 0 Å². The van der Waals surface area contributed by atoms with Crippen molar-refractivity contribution < 1.29 is 9.59 Å². The van der Waals surface area contributed by atoms with Crippen LogP contribution in [0.15, 0.2) is 28.7 Å². The predicted molar refractivity (Wildman–Crippen MR) is 87.2 cm³/mol. The molecule has 0 aromatic heterocycles. The smallest absolute Gasteiger partial charge is 0.251 e. The molecule has 6 heteroatoms. The Bertz CT molecular complexity index is 462. The molecule has 5 nitrogen and oxygen atoms in total. The van der Waals surface area contributed by atoms with Crippen molar-refractivity contribution in [2.75, 3.05) is 19.6 Å². The summed E-state index contributed by atoms with van der Waals surface area (Å²) in [6.07, 6.45) is 1.06. The first-order valence-electron chi connectivity index (χ1n) is 7.09. The number of carbonyl (C=O) groups excluding carboxylic acids is 2. The van der Waals surface area contributed by atoms with Crippen LogP contribution in [0.2, 0.25) is 0 Å². The fourth-order valence-electron chi connectivity index (χ4n) is 1.68.